The molecular formula is C25H29N7O2. The number of nitrogens with two attached hydrogens (primary N) is 1. The Morgan fingerprint density at radius 1 is 1.09 bits per heavy atom. The van der Waals surface area contributed by atoms with E-state index < -0.39 is 0 Å². The van der Waals surface area contributed by atoms with E-state index in [4.69, 9.17) is 10.5 Å². The SMILES string of the molecule is CN(C)CCNC(=O)c1ccc(CCNc2nccc(/C(N)=C3/Nc4ccccc4O3)n2)cc1. The highest BCUT2D eigenvalue weighted by Crippen LogP contribution is 2.34. The number of hydrogen-bond acceptors (Lipinski definition) is 8. The molecular weight excluding hydrogens is 430 g/mol. The summed E-state index contributed by atoms with van der Waals surface area (Å²) in [5.74, 6) is 1.60. The lowest BCUT2D eigenvalue weighted by Crippen LogP contribution is -2.31. The standard InChI is InChI=1S/C25H29N7O2/c1-32(2)16-15-27-23(33)18-9-7-17(8-10-18)11-13-28-25-29-14-12-20(31-25)22(26)24-30-19-5-3-4-6-21(19)34-24/h3-10,12,14,30H,11,13,15-16,26H2,1-2H3,(H,27,33)(H,28,29,31)/b24-22+. The van der Waals surface area contributed by atoms with Gasteiger partial charge in [-0.15, -0.1) is 0 Å². The number of nitrogens with one attached hydrogen (secondary N) is 3. The normalized spacial score (nSPS) is 13.6. The fourth-order valence-corrected chi connectivity index (χ4v) is 3.39. The molecule has 1 amide bonds. The molecule has 0 aliphatic carbocycles. The van der Waals surface area contributed by atoms with Crippen LogP contribution >= 0.6 is 0 Å². The molecule has 0 saturated heterocycles. The number of benzene rings is 2. The highest BCUT2D eigenvalue weighted by Gasteiger charge is 2.20. The molecule has 0 radical (unpaired) electrons. The number of carbonyl (C=O) groups is 1. The number of para-hydroxylation sites is 2. The maximum atomic E-state index is 12.2. The first-order valence-corrected chi connectivity index (χ1v) is 11.1. The first-order chi connectivity index (χ1) is 16.5. The van der Waals surface area contributed by atoms with E-state index in [2.05, 4.69) is 25.9 Å². The molecule has 0 atom stereocenters. The van der Waals surface area contributed by atoms with Crippen LogP contribution in [0.1, 0.15) is 21.6 Å². The molecule has 2 aromatic carbocycles. The molecule has 1 aromatic heterocycles. The van der Waals surface area contributed by atoms with Crippen LogP contribution in [0.2, 0.25) is 0 Å². The second kappa shape index (κ2) is 10.7. The summed E-state index contributed by atoms with van der Waals surface area (Å²) in [5, 5.41) is 9.31. The number of likely N-dealkylation sites (N-methyl/N-ethyl adjacent to an activating group) is 1. The molecule has 3 aromatic rings. The van der Waals surface area contributed by atoms with Crippen LogP contribution in [0.15, 0.2) is 66.7 Å². The molecule has 0 saturated carbocycles. The second-order valence-corrected chi connectivity index (χ2v) is 8.16. The van der Waals surface area contributed by atoms with Crippen molar-refractivity contribution in [3.8, 4) is 5.75 Å². The molecule has 0 spiro atoms. The van der Waals surface area contributed by atoms with Crippen LogP contribution in [-0.2, 0) is 6.42 Å². The van der Waals surface area contributed by atoms with Crippen molar-refractivity contribution in [3.05, 3.63) is 83.5 Å². The van der Waals surface area contributed by atoms with Gasteiger partial charge < -0.3 is 31.3 Å². The lowest BCUT2D eigenvalue weighted by Gasteiger charge is -2.11. The van der Waals surface area contributed by atoms with E-state index in [1.54, 1.807) is 12.3 Å². The van der Waals surface area contributed by atoms with Gasteiger partial charge in [0.05, 0.1) is 11.4 Å². The van der Waals surface area contributed by atoms with E-state index in [1.165, 1.54) is 0 Å². The summed E-state index contributed by atoms with van der Waals surface area (Å²) >= 11 is 0. The fourth-order valence-electron chi connectivity index (χ4n) is 3.39. The fraction of sp³-hybridized carbons (Fsp3) is 0.240. The lowest BCUT2D eigenvalue weighted by molar-refractivity contribution is 0.0951. The molecule has 176 valence electrons. The predicted molar refractivity (Wildman–Crippen MR) is 133 cm³/mol. The van der Waals surface area contributed by atoms with Gasteiger partial charge in [-0.25, -0.2) is 9.97 Å². The highest BCUT2D eigenvalue weighted by atomic mass is 16.5. The Bertz CT molecular complexity index is 1150. The first kappa shape index (κ1) is 23.1. The van der Waals surface area contributed by atoms with Gasteiger partial charge in [0.15, 0.2) is 5.75 Å². The van der Waals surface area contributed by atoms with E-state index in [9.17, 15) is 4.79 Å². The third-order valence-corrected chi connectivity index (χ3v) is 5.28. The molecule has 1 aliphatic heterocycles. The zero-order chi connectivity index (χ0) is 23.9. The predicted octanol–water partition coefficient (Wildman–Crippen LogP) is 2.51. The van der Waals surface area contributed by atoms with Crippen molar-refractivity contribution in [2.24, 2.45) is 5.73 Å². The smallest absolute Gasteiger partial charge is 0.251 e. The van der Waals surface area contributed by atoms with Gasteiger partial charge >= 0.3 is 0 Å². The van der Waals surface area contributed by atoms with Crippen molar-refractivity contribution >= 4 is 23.2 Å². The molecule has 9 heteroatoms. The molecule has 0 unspecified atom stereocenters. The second-order valence-electron chi connectivity index (χ2n) is 8.16. The van der Waals surface area contributed by atoms with Crippen LogP contribution < -0.4 is 26.4 Å². The number of nitrogens with zero attached hydrogens (tertiary/aromatic N) is 3. The minimum Gasteiger partial charge on any atom is -0.437 e. The molecule has 0 bridgehead atoms. The number of carbonyl (C=O) groups excluding carboxylic acids is 1. The largest absolute Gasteiger partial charge is 0.437 e. The first-order valence-electron chi connectivity index (χ1n) is 11.1. The summed E-state index contributed by atoms with van der Waals surface area (Å²) in [6, 6.07) is 17.0. The zero-order valence-electron chi connectivity index (χ0n) is 19.3. The monoisotopic (exact) mass is 459 g/mol. The minimum atomic E-state index is -0.0627. The summed E-state index contributed by atoms with van der Waals surface area (Å²) in [7, 11) is 3.95. The molecule has 1 aliphatic rings. The van der Waals surface area contributed by atoms with Crippen LogP contribution in [0.4, 0.5) is 11.6 Å². The van der Waals surface area contributed by atoms with Crippen LogP contribution in [0.5, 0.6) is 5.75 Å². The molecule has 4 rings (SSSR count). The van der Waals surface area contributed by atoms with Gasteiger partial charge in [0.1, 0.15) is 5.70 Å². The summed E-state index contributed by atoms with van der Waals surface area (Å²) in [6.45, 7) is 2.06. The van der Waals surface area contributed by atoms with Crippen molar-refractivity contribution in [1.29, 1.82) is 0 Å². The number of amides is 1. The van der Waals surface area contributed by atoms with Gasteiger partial charge in [-0.2, -0.15) is 0 Å². The number of rotatable bonds is 9. The Morgan fingerprint density at radius 2 is 1.88 bits per heavy atom. The third kappa shape index (κ3) is 5.81. The molecule has 2 heterocycles. The molecule has 0 fully saturated rings. The van der Waals surface area contributed by atoms with E-state index in [0.29, 0.717) is 41.9 Å². The molecule has 5 N–H and O–H groups in total. The molecule has 9 nitrogen and oxygen atoms in total. The number of fused-ring (bicyclic) bond motifs is 1. The van der Waals surface area contributed by atoms with E-state index in [1.807, 2.05) is 67.5 Å². The average Bonchev–Trinajstić information content (AvgIpc) is 3.28. The zero-order valence-corrected chi connectivity index (χ0v) is 19.3. The van der Waals surface area contributed by atoms with Crippen LogP contribution in [0.25, 0.3) is 5.70 Å². The van der Waals surface area contributed by atoms with Crippen molar-refractivity contribution < 1.29 is 9.53 Å². The van der Waals surface area contributed by atoms with Gasteiger partial charge in [0.2, 0.25) is 11.8 Å². The summed E-state index contributed by atoms with van der Waals surface area (Å²) in [6.07, 6.45) is 2.41. The van der Waals surface area contributed by atoms with Gasteiger partial charge in [0, 0.05) is 31.4 Å². The topological polar surface area (TPSA) is 117 Å². The van der Waals surface area contributed by atoms with Crippen molar-refractivity contribution in [2.75, 3.05) is 44.4 Å². The quantitative estimate of drug-likeness (QED) is 0.386. The number of ether oxygens (including phenoxy) is 1. The average molecular weight is 460 g/mol. The Kier molecular flexibility index (Phi) is 7.24. The van der Waals surface area contributed by atoms with Gasteiger partial charge in [-0.3, -0.25) is 4.79 Å². The Labute approximate surface area is 199 Å². The number of aromatic nitrogens is 2. The number of hydrogen-bond donors (Lipinski definition) is 4. The summed E-state index contributed by atoms with van der Waals surface area (Å²) < 4.78 is 5.79. The van der Waals surface area contributed by atoms with E-state index >= 15 is 0 Å². The van der Waals surface area contributed by atoms with E-state index in [-0.39, 0.29) is 5.91 Å². The van der Waals surface area contributed by atoms with Crippen molar-refractivity contribution in [1.82, 2.24) is 20.2 Å². The van der Waals surface area contributed by atoms with Crippen LogP contribution in [-0.4, -0.2) is 54.5 Å². The van der Waals surface area contributed by atoms with Crippen LogP contribution in [0.3, 0.4) is 0 Å². The Hall–Kier alpha value is -4.11. The van der Waals surface area contributed by atoms with E-state index in [0.717, 1.165) is 30.0 Å². The Balaban J connectivity index is 1.30. The lowest BCUT2D eigenvalue weighted by atomic mass is 10.1. The highest BCUT2D eigenvalue weighted by molar-refractivity contribution is 5.94. The Morgan fingerprint density at radius 3 is 2.65 bits per heavy atom. The minimum absolute atomic E-state index is 0.0627. The van der Waals surface area contributed by atoms with Crippen molar-refractivity contribution in [3.63, 3.8) is 0 Å². The van der Waals surface area contributed by atoms with Gasteiger partial charge in [0.25, 0.3) is 5.91 Å². The summed E-state index contributed by atoms with van der Waals surface area (Å²) in [5.41, 5.74) is 9.89. The van der Waals surface area contributed by atoms with Crippen LogP contribution in [0, 0.1) is 0 Å². The maximum Gasteiger partial charge on any atom is 0.251 e. The maximum absolute atomic E-state index is 12.2. The van der Waals surface area contributed by atoms with Gasteiger partial charge in [-0.05, 0) is 56.4 Å². The van der Waals surface area contributed by atoms with Gasteiger partial charge in [-0.1, -0.05) is 24.3 Å². The number of anilines is 2. The summed E-state index contributed by atoms with van der Waals surface area (Å²) in [4.78, 5) is 23.0. The third-order valence-electron chi connectivity index (χ3n) is 5.28. The molecule has 34 heavy (non-hydrogen) atoms. The van der Waals surface area contributed by atoms with Crippen molar-refractivity contribution in [2.45, 2.75) is 6.42 Å².